The molecule has 0 aromatic heterocycles. The second kappa shape index (κ2) is 5.61. The van der Waals surface area contributed by atoms with Crippen LogP contribution >= 0.6 is 0 Å². The number of benzene rings is 2. The third kappa shape index (κ3) is 2.96. The molecule has 2 aromatic rings. The van der Waals surface area contributed by atoms with E-state index in [1.54, 1.807) is 12.1 Å². The van der Waals surface area contributed by atoms with E-state index in [0.29, 0.717) is 17.4 Å². The summed E-state index contributed by atoms with van der Waals surface area (Å²) in [7, 11) is 0. The zero-order valence-corrected chi connectivity index (χ0v) is 10.3. The number of aldehydes is 1. The van der Waals surface area contributed by atoms with Gasteiger partial charge in [-0.15, -0.1) is 0 Å². The third-order valence-corrected chi connectivity index (χ3v) is 2.79. The first-order chi connectivity index (χ1) is 9.11. The van der Waals surface area contributed by atoms with Crippen molar-refractivity contribution in [1.82, 2.24) is 0 Å². The van der Waals surface area contributed by atoms with Gasteiger partial charge in [0.05, 0.1) is 0 Å². The van der Waals surface area contributed by atoms with Gasteiger partial charge in [-0.1, -0.05) is 24.3 Å². The Morgan fingerprint density at radius 3 is 2.47 bits per heavy atom. The number of ether oxygens (including phenoxy) is 1. The molecule has 0 bridgehead atoms. The van der Waals surface area contributed by atoms with Gasteiger partial charge >= 0.3 is 6.61 Å². The van der Waals surface area contributed by atoms with Crippen molar-refractivity contribution in [2.45, 2.75) is 13.5 Å². The van der Waals surface area contributed by atoms with Crippen molar-refractivity contribution in [1.29, 1.82) is 0 Å². The second-order valence-electron chi connectivity index (χ2n) is 4.07. The van der Waals surface area contributed by atoms with Gasteiger partial charge in [0.25, 0.3) is 0 Å². The Morgan fingerprint density at radius 1 is 1.11 bits per heavy atom. The standard InChI is InChI=1S/C15H12F2O2/c1-10-4-2-3-5-12(10)13-8-11(9-18)6-7-14(13)19-15(16)17/h2-9,15H,1H3. The number of rotatable bonds is 4. The third-order valence-electron chi connectivity index (χ3n) is 2.79. The van der Waals surface area contributed by atoms with Crippen LogP contribution in [0.15, 0.2) is 42.5 Å². The summed E-state index contributed by atoms with van der Waals surface area (Å²) in [5.74, 6) is 0.0647. The lowest BCUT2D eigenvalue weighted by Crippen LogP contribution is -2.03. The maximum atomic E-state index is 12.4. The molecule has 0 atom stereocenters. The van der Waals surface area contributed by atoms with Crippen LogP contribution in [-0.2, 0) is 0 Å². The number of carbonyl (C=O) groups excluding carboxylic acids is 1. The molecule has 0 amide bonds. The van der Waals surface area contributed by atoms with E-state index >= 15 is 0 Å². The Morgan fingerprint density at radius 2 is 1.84 bits per heavy atom. The molecule has 2 aromatic carbocycles. The molecule has 4 heteroatoms. The molecule has 2 rings (SSSR count). The summed E-state index contributed by atoms with van der Waals surface area (Å²) in [5, 5.41) is 0. The van der Waals surface area contributed by atoms with Gasteiger partial charge in [0, 0.05) is 11.1 Å². The molecule has 0 N–H and O–H groups in total. The predicted molar refractivity (Wildman–Crippen MR) is 68.6 cm³/mol. The fourth-order valence-corrected chi connectivity index (χ4v) is 1.91. The smallest absolute Gasteiger partial charge is 0.387 e. The Labute approximate surface area is 109 Å². The summed E-state index contributed by atoms with van der Waals surface area (Å²) in [5.41, 5.74) is 2.59. The zero-order valence-electron chi connectivity index (χ0n) is 10.3. The van der Waals surface area contributed by atoms with Crippen LogP contribution in [0.4, 0.5) is 8.78 Å². The van der Waals surface area contributed by atoms with Crippen molar-refractivity contribution >= 4 is 6.29 Å². The van der Waals surface area contributed by atoms with Crippen LogP contribution < -0.4 is 4.74 Å². The van der Waals surface area contributed by atoms with Gasteiger partial charge in [-0.2, -0.15) is 8.78 Å². The summed E-state index contributed by atoms with van der Waals surface area (Å²) < 4.78 is 29.3. The number of hydrogen-bond donors (Lipinski definition) is 0. The average molecular weight is 262 g/mol. The summed E-state index contributed by atoms with van der Waals surface area (Å²) in [6, 6.07) is 11.7. The van der Waals surface area contributed by atoms with Crippen LogP contribution in [-0.4, -0.2) is 12.9 Å². The van der Waals surface area contributed by atoms with Crippen molar-refractivity contribution in [2.24, 2.45) is 0 Å². The average Bonchev–Trinajstić information content (AvgIpc) is 2.39. The van der Waals surface area contributed by atoms with Crippen LogP contribution in [0.5, 0.6) is 5.75 Å². The molecule has 0 spiro atoms. The minimum absolute atomic E-state index is 0.0647. The molecule has 0 fully saturated rings. The SMILES string of the molecule is Cc1ccccc1-c1cc(C=O)ccc1OC(F)F. The van der Waals surface area contributed by atoms with E-state index in [0.717, 1.165) is 11.1 Å². The van der Waals surface area contributed by atoms with Gasteiger partial charge in [-0.25, -0.2) is 0 Å². The number of carbonyl (C=O) groups is 1. The molecule has 0 aliphatic heterocycles. The number of halogens is 2. The molecule has 0 saturated heterocycles. The van der Waals surface area contributed by atoms with Crippen LogP contribution in [0.3, 0.4) is 0 Å². The van der Waals surface area contributed by atoms with Crippen LogP contribution in [0.25, 0.3) is 11.1 Å². The zero-order chi connectivity index (χ0) is 13.8. The van der Waals surface area contributed by atoms with Gasteiger partial charge in [0.15, 0.2) is 0 Å². The minimum Gasteiger partial charge on any atom is -0.434 e. The van der Waals surface area contributed by atoms with Gasteiger partial charge < -0.3 is 4.74 Å². The quantitative estimate of drug-likeness (QED) is 0.776. The largest absolute Gasteiger partial charge is 0.434 e. The highest BCUT2D eigenvalue weighted by Gasteiger charge is 2.13. The molecule has 0 saturated carbocycles. The van der Waals surface area contributed by atoms with E-state index in [2.05, 4.69) is 4.74 Å². The molecule has 98 valence electrons. The summed E-state index contributed by atoms with van der Waals surface area (Å²) in [6.07, 6.45) is 0.675. The van der Waals surface area contributed by atoms with Crippen molar-refractivity contribution in [3.63, 3.8) is 0 Å². The minimum atomic E-state index is -2.90. The van der Waals surface area contributed by atoms with E-state index in [-0.39, 0.29) is 5.75 Å². The van der Waals surface area contributed by atoms with Gasteiger partial charge in [0.1, 0.15) is 12.0 Å². The van der Waals surface area contributed by atoms with Crippen molar-refractivity contribution in [2.75, 3.05) is 0 Å². The molecule has 19 heavy (non-hydrogen) atoms. The molecule has 0 aliphatic rings. The number of aryl methyl sites for hydroxylation is 1. The van der Waals surface area contributed by atoms with E-state index in [4.69, 9.17) is 0 Å². The molecule has 0 heterocycles. The van der Waals surface area contributed by atoms with E-state index < -0.39 is 6.61 Å². The first-order valence-electron chi connectivity index (χ1n) is 5.72. The van der Waals surface area contributed by atoms with Crippen LogP contribution in [0.1, 0.15) is 15.9 Å². The van der Waals surface area contributed by atoms with Crippen LogP contribution in [0, 0.1) is 6.92 Å². The fraction of sp³-hybridized carbons (Fsp3) is 0.133. The lowest BCUT2D eigenvalue weighted by molar-refractivity contribution is -0.0494. The summed E-state index contributed by atoms with van der Waals surface area (Å²) in [6.45, 7) is -1.03. The molecule has 0 unspecified atom stereocenters. The Bertz CT molecular complexity index is 594. The molecule has 0 radical (unpaired) electrons. The monoisotopic (exact) mass is 262 g/mol. The van der Waals surface area contributed by atoms with Crippen LogP contribution in [0.2, 0.25) is 0 Å². The lowest BCUT2D eigenvalue weighted by Gasteiger charge is -2.13. The summed E-state index contributed by atoms with van der Waals surface area (Å²) in [4.78, 5) is 10.8. The van der Waals surface area contributed by atoms with Crippen molar-refractivity contribution in [3.05, 3.63) is 53.6 Å². The number of alkyl halides is 2. The first-order valence-corrected chi connectivity index (χ1v) is 5.72. The maximum Gasteiger partial charge on any atom is 0.387 e. The topological polar surface area (TPSA) is 26.3 Å². The second-order valence-corrected chi connectivity index (χ2v) is 4.07. The lowest BCUT2D eigenvalue weighted by atomic mass is 9.98. The van der Waals surface area contributed by atoms with E-state index in [9.17, 15) is 13.6 Å². The van der Waals surface area contributed by atoms with E-state index in [1.807, 2.05) is 25.1 Å². The van der Waals surface area contributed by atoms with E-state index in [1.165, 1.54) is 12.1 Å². The summed E-state index contributed by atoms with van der Waals surface area (Å²) >= 11 is 0. The highest BCUT2D eigenvalue weighted by molar-refractivity contribution is 5.82. The van der Waals surface area contributed by atoms with Gasteiger partial charge in [-0.3, -0.25) is 4.79 Å². The maximum absolute atomic E-state index is 12.4. The molecule has 0 aliphatic carbocycles. The van der Waals surface area contributed by atoms with Crippen molar-refractivity contribution in [3.8, 4) is 16.9 Å². The van der Waals surface area contributed by atoms with Gasteiger partial charge in [0.2, 0.25) is 0 Å². The highest BCUT2D eigenvalue weighted by atomic mass is 19.3. The molecular weight excluding hydrogens is 250 g/mol. The highest BCUT2D eigenvalue weighted by Crippen LogP contribution is 2.33. The van der Waals surface area contributed by atoms with Crippen molar-refractivity contribution < 1.29 is 18.3 Å². The Hall–Kier alpha value is -2.23. The van der Waals surface area contributed by atoms with Gasteiger partial charge in [-0.05, 0) is 36.2 Å². The Balaban J connectivity index is 2.58. The Kier molecular flexibility index (Phi) is 3.90. The fourth-order valence-electron chi connectivity index (χ4n) is 1.91. The predicted octanol–water partition coefficient (Wildman–Crippen LogP) is 4.08. The normalized spacial score (nSPS) is 10.5. The first kappa shape index (κ1) is 13.2. The molecular formula is C15H12F2O2. The molecule has 2 nitrogen and oxygen atoms in total. The number of hydrogen-bond acceptors (Lipinski definition) is 2.